The van der Waals surface area contributed by atoms with Crippen molar-refractivity contribution in [3.8, 4) is 0 Å². The Morgan fingerprint density at radius 2 is 2.04 bits per heavy atom. The van der Waals surface area contributed by atoms with Crippen LogP contribution in [0.2, 0.25) is 5.02 Å². The first-order valence-corrected chi connectivity index (χ1v) is 9.51. The maximum absolute atomic E-state index is 14.0. The van der Waals surface area contributed by atoms with Gasteiger partial charge in [-0.1, -0.05) is 11.6 Å². The molecule has 1 saturated heterocycles. The van der Waals surface area contributed by atoms with Gasteiger partial charge in [-0.2, -0.15) is 0 Å². The number of benzene rings is 1. The number of carbonyl (C=O) groups is 2. The summed E-state index contributed by atoms with van der Waals surface area (Å²) in [7, 11) is 0. The fourth-order valence-electron chi connectivity index (χ4n) is 3.67. The molecular weight excluding hydrogens is 357 g/mol. The van der Waals surface area contributed by atoms with E-state index in [4.69, 9.17) is 11.6 Å². The van der Waals surface area contributed by atoms with Gasteiger partial charge in [0.05, 0.1) is 0 Å². The van der Waals surface area contributed by atoms with Gasteiger partial charge in [0.25, 0.3) is 0 Å². The predicted molar refractivity (Wildman–Crippen MR) is 98.5 cm³/mol. The van der Waals surface area contributed by atoms with Gasteiger partial charge in [0, 0.05) is 49.2 Å². The summed E-state index contributed by atoms with van der Waals surface area (Å²) < 4.78 is 14.0. The van der Waals surface area contributed by atoms with Gasteiger partial charge in [-0.05, 0) is 50.3 Å². The Morgan fingerprint density at radius 1 is 1.31 bits per heavy atom. The Morgan fingerprint density at radius 3 is 2.69 bits per heavy atom. The summed E-state index contributed by atoms with van der Waals surface area (Å²) in [6, 6.07) is 3.12. The van der Waals surface area contributed by atoms with Crippen molar-refractivity contribution in [2.24, 2.45) is 0 Å². The number of halogens is 2. The van der Waals surface area contributed by atoms with Crippen molar-refractivity contribution in [3.63, 3.8) is 0 Å². The normalized spacial score (nSPS) is 20.0. The van der Waals surface area contributed by atoms with Crippen molar-refractivity contribution in [2.75, 3.05) is 13.1 Å². The maximum Gasteiger partial charge on any atom is 0.317 e. The van der Waals surface area contributed by atoms with Crippen molar-refractivity contribution in [1.29, 1.82) is 0 Å². The van der Waals surface area contributed by atoms with Gasteiger partial charge < -0.3 is 15.1 Å². The molecule has 1 saturated carbocycles. The second-order valence-corrected chi connectivity index (χ2v) is 7.66. The molecule has 1 heterocycles. The SMILES string of the molecule is CC(=O)N(C1CC1)[C@@H]1CCCN(C(=O)NCc2cc(C)c(Cl)cc2F)C1. The van der Waals surface area contributed by atoms with Crippen LogP contribution in [-0.4, -0.2) is 46.9 Å². The van der Waals surface area contributed by atoms with Crippen LogP contribution in [-0.2, 0) is 11.3 Å². The van der Waals surface area contributed by atoms with E-state index >= 15 is 0 Å². The van der Waals surface area contributed by atoms with Gasteiger partial charge in [0.2, 0.25) is 5.91 Å². The average molecular weight is 382 g/mol. The summed E-state index contributed by atoms with van der Waals surface area (Å²) in [4.78, 5) is 28.2. The van der Waals surface area contributed by atoms with Crippen LogP contribution in [0, 0.1) is 12.7 Å². The first-order chi connectivity index (χ1) is 12.4. The minimum Gasteiger partial charge on any atom is -0.335 e. The van der Waals surface area contributed by atoms with E-state index in [1.54, 1.807) is 24.8 Å². The third kappa shape index (κ3) is 4.29. The average Bonchev–Trinajstić information content (AvgIpc) is 3.41. The number of hydrogen-bond acceptors (Lipinski definition) is 2. The highest BCUT2D eigenvalue weighted by molar-refractivity contribution is 6.31. The lowest BCUT2D eigenvalue weighted by molar-refractivity contribution is -0.132. The number of urea groups is 1. The van der Waals surface area contributed by atoms with Crippen LogP contribution in [0.25, 0.3) is 0 Å². The summed E-state index contributed by atoms with van der Waals surface area (Å²) in [5.74, 6) is -0.340. The smallest absolute Gasteiger partial charge is 0.317 e. The number of aryl methyl sites for hydroxylation is 1. The van der Waals surface area contributed by atoms with E-state index in [2.05, 4.69) is 5.32 Å². The first-order valence-electron chi connectivity index (χ1n) is 9.13. The molecule has 2 aliphatic rings. The number of amides is 3. The number of likely N-dealkylation sites (tertiary alicyclic amines) is 1. The monoisotopic (exact) mass is 381 g/mol. The molecule has 2 fully saturated rings. The fraction of sp³-hybridized carbons (Fsp3) is 0.579. The number of nitrogens with zero attached hydrogens (tertiary/aromatic N) is 2. The van der Waals surface area contributed by atoms with Gasteiger partial charge >= 0.3 is 6.03 Å². The summed E-state index contributed by atoms with van der Waals surface area (Å²) in [5.41, 5.74) is 1.19. The van der Waals surface area contributed by atoms with E-state index in [0.29, 0.717) is 29.7 Å². The van der Waals surface area contributed by atoms with E-state index in [9.17, 15) is 14.0 Å². The van der Waals surface area contributed by atoms with E-state index in [-0.39, 0.29) is 24.5 Å². The standard InChI is InChI=1S/C19H25ClFN3O2/c1-12-8-14(18(21)9-17(12)20)10-22-19(26)23-7-3-4-16(11-23)24(13(2)25)15-5-6-15/h8-9,15-16H,3-7,10-11H2,1-2H3,(H,22,26)/t16-/m1/s1. The summed E-state index contributed by atoms with van der Waals surface area (Å²) in [6.45, 7) is 4.70. The molecule has 1 aliphatic heterocycles. The van der Waals surface area contributed by atoms with Crippen LogP contribution in [0.1, 0.15) is 43.7 Å². The van der Waals surface area contributed by atoms with Crippen molar-refractivity contribution < 1.29 is 14.0 Å². The Labute approximate surface area is 158 Å². The molecule has 1 aromatic rings. The Kier molecular flexibility index (Phi) is 5.70. The molecule has 3 rings (SSSR count). The number of carbonyl (C=O) groups excluding carboxylic acids is 2. The van der Waals surface area contributed by atoms with E-state index in [1.165, 1.54) is 6.07 Å². The zero-order valence-corrected chi connectivity index (χ0v) is 16.0. The molecule has 0 aromatic heterocycles. The van der Waals surface area contributed by atoms with Gasteiger partial charge in [-0.3, -0.25) is 4.79 Å². The molecule has 3 amide bonds. The molecule has 0 radical (unpaired) electrons. The van der Waals surface area contributed by atoms with Crippen LogP contribution in [0.4, 0.5) is 9.18 Å². The lowest BCUT2D eigenvalue weighted by Gasteiger charge is -2.39. The lowest BCUT2D eigenvalue weighted by Crippen LogP contribution is -2.53. The fourth-order valence-corrected chi connectivity index (χ4v) is 3.82. The lowest BCUT2D eigenvalue weighted by atomic mass is 10.0. The predicted octanol–water partition coefficient (Wildman–Crippen LogP) is 3.47. The molecule has 1 atom stereocenters. The van der Waals surface area contributed by atoms with Crippen molar-refractivity contribution in [3.05, 3.63) is 34.1 Å². The van der Waals surface area contributed by atoms with E-state index in [0.717, 1.165) is 31.2 Å². The number of hydrogen-bond donors (Lipinski definition) is 1. The minimum absolute atomic E-state index is 0.0778. The number of nitrogens with one attached hydrogen (secondary N) is 1. The van der Waals surface area contributed by atoms with Crippen molar-refractivity contribution in [2.45, 2.75) is 58.2 Å². The van der Waals surface area contributed by atoms with Gasteiger partial charge in [-0.25, -0.2) is 9.18 Å². The van der Waals surface area contributed by atoms with Crippen molar-refractivity contribution in [1.82, 2.24) is 15.1 Å². The Hall–Kier alpha value is -1.82. The van der Waals surface area contributed by atoms with Crippen LogP contribution in [0.15, 0.2) is 12.1 Å². The molecule has 0 spiro atoms. The Bertz CT molecular complexity index is 708. The maximum atomic E-state index is 14.0. The Balaban J connectivity index is 1.59. The van der Waals surface area contributed by atoms with E-state index in [1.807, 2.05) is 4.90 Å². The molecular formula is C19H25ClFN3O2. The molecule has 5 nitrogen and oxygen atoms in total. The summed E-state index contributed by atoms with van der Waals surface area (Å²) in [6.07, 6.45) is 3.89. The van der Waals surface area contributed by atoms with Crippen molar-refractivity contribution >= 4 is 23.5 Å². The molecule has 1 N–H and O–H groups in total. The molecule has 1 aromatic carbocycles. The third-order valence-electron chi connectivity index (χ3n) is 5.14. The minimum atomic E-state index is -0.422. The molecule has 26 heavy (non-hydrogen) atoms. The van der Waals surface area contributed by atoms with Gasteiger partial charge in [0.1, 0.15) is 5.82 Å². The van der Waals surface area contributed by atoms with Crippen LogP contribution in [0.5, 0.6) is 0 Å². The third-order valence-corrected chi connectivity index (χ3v) is 5.55. The zero-order valence-electron chi connectivity index (χ0n) is 15.2. The molecule has 7 heteroatoms. The van der Waals surface area contributed by atoms with E-state index < -0.39 is 5.82 Å². The van der Waals surface area contributed by atoms with Gasteiger partial charge in [-0.15, -0.1) is 0 Å². The highest BCUT2D eigenvalue weighted by atomic mass is 35.5. The highest BCUT2D eigenvalue weighted by Gasteiger charge is 2.38. The quantitative estimate of drug-likeness (QED) is 0.868. The summed E-state index contributed by atoms with van der Waals surface area (Å²) in [5, 5.41) is 3.17. The second-order valence-electron chi connectivity index (χ2n) is 7.25. The zero-order chi connectivity index (χ0) is 18.8. The van der Waals surface area contributed by atoms with Gasteiger partial charge in [0.15, 0.2) is 0 Å². The first kappa shape index (κ1) is 19.0. The molecule has 0 unspecified atom stereocenters. The highest BCUT2D eigenvalue weighted by Crippen LogP contribution is 2.31. The second kappa shape index (κ2) is 7.82. The van der Waals surface area contributed by atoms with Crippen LogP contribution < -0.4 is 5.32 Å². The number of piperidine rings is 1. The molecule has 1 aliphatic carbocycles. The molecule has 142 valence electrons. The largest absolute Gasteiger partial charge is 0.335 e. The number of rotatable bonds is 4. The van der Waals surface area contributed by atoms with Crippen LogP contribution >= 0.6 is 11.6 Å². The molecule has 0 bridgehead atoms. The van der Waals surface area contributed by atoms with Crippen LogP contribution in [0.3, 0.4) is 0 Å². The topological polar surface area (TPSA) is 52.7 Å². The summed E-state index contributed by atoms with van der Waals surface area (Å²) >= 11 is 5.90.